The average molecular weight is 442 g/mol. The van der Waals surface area contributed by atoms with Crippen LogP contribution in [-0.2, 0) is 10.0 Å². The van der Waals surface area contributed by atoms with Crippen LogP contribution in [0.3, 0.4) is 0 Å². The normalized spacial score (nSPS) is 11.4. The van der Waals surface area contributed by atoms with Crippen LogP contribution in [0.2, 0.25) is 5.02 Å². The van der Waals surface area contributed by atoms with Gasteiger partial charge in [0.15, 0.2) is 0 Å². The van der Waals surface area contributed by atoms with Crippen molar-refractivity contribution < 1.29 is 13.2 Å². The minimum Gasteiger partial charge on any atom is -0.280 e. The zero-order valence-corrected chi connectivity index (χ0v) is 18.0. The van der Waals surface area contributed by atoms with Gasteiger partial charge < -0.3 is 0 Å². The molecule has 154 valence electrons. The van der Waals surface area contributed by atoms with E-state index >= 15 is 0 Å². The molecule has 0 aliphatic rings. The van der Waals surface area contributed by atoms with Crippen LogP contribution in [0, 0.1) is 13.8 Å². The molecule has 1 amide bonds. The Hall–Kier alpha value is -3.16. The Morgan fingerprint density at radius 3 is 2.43 bits per heavy atom. The second kappa shape index (κ2) is 9.11. The van der Waals surface area contributed by atoms with Gasteiger partial charge in [0.05, 0.1) is 11.1 Å². The molecule has 3 rings (SSSR count). The first-order valence-corrected chi connectivity index (χ1v) is 10.9. The number of aryl methyl sites for hydroxylation is 2. The van der Waals surface area contributed by atoms with E-state index in [-0.39, 0.29) is 10.5 Å². The Kier molecular flexibility index (Phi) is 6.54. The van der Waals surface area contributed by atoms with Gasteiger partial charge in [0, 0.05) is 16.3 Å². The zero-order valence-electron chi connectivity index (χ0n) is 16.4. The zero-order chi connectivity index (χ0) is 21.7. The van der Waals surface area contributed by atoms with Gasteiger partial charge in [-0.25, -0.2) is 13.8 Å². The average Bonchev–Trinajstić information content (AvgIpc) is 2.71. The highest BCUT2D eigenvalue weighted by atomic mass is 35.5. The van der Waals surface area contributed by atoms with Crippen LogP contribution in [0.25, 0.3) is 0 Å². The van der Waals surface area contributed by atoms with E-state index in [0.717, 1.165) is 16.7 Å². The number of carbonyl (C=O) groups is 1. The van der Waals surface area contributed by atoms with Crippen LogP contribution in [0.4, 0.5) is 5.69 Å². The van der Waals surface area contributed by atoms with Crippen molar-refractivity contribution in [3.63, 3.8) is 0 Å². The molecule has 0 spiro atoms. The molecule has 2 N–H and O–H groups in total. The number of nitrogens with one attached hydrogen (secondary N) is 2. The van der Waals surface area contributed by atoms with E-state index in [1.807, 2.05) is 32.0 Å². The first-order valence-electron chi connectivity index (χ1n) is 9.04. The minimum atomic E-state index is -3.87. The van der Waals surface area contributed by atoms with Crippen molar-refractivity contribution in [2.75, 3.05) is 4.72 Å². The molecule has 0 saturated carbocycles. The summed E-state index contributed by atoms with van der Waals surface area (Å²) in [6, 6.07) is 17.9. The molecule has 0 saturated heterocycles. The highest BCUT2D eigenvalue weighted by molar-refractivity contribution is 7.92. The summed E-state index contributed by atoms with van der Waals surface area (Å²) in [6.07, 6.45) is 1.55. The van der Waals surface area contributed by atoms with Crippen molar-refractivity contribution in [3.8, 4) is 0 Å². The van der Waals surface area contributed by atoms with E-state index in [1.54, 1.807) is 30.5 Å². The number of anilines is 1. The van der Waals surface area contributed by atoms with E-state index in [9.17, 15) is 13.2 Å². The van der Waals surface area contributed by atoms with E-state index in [0.29, 0.717) is 10.7 Å². The lowest BCUT2D eigenvalue weighted by molar-refractivity contribution is 0.0955. The van der Waals surface area contributed by atoms with Gasteiger partial charge in [0.25, 0.3) is 15.9 Å². The van der Waals surface area contributed by atoms with Crippen molar-refractivity contribution >= 4 is 39.4 Å². The van der Waals surface area contributed by atoms with Gasteiger partial charge in [-0.15, -0.1) is 0 Å². The molecule has 6 nitrogen and oxygen atoms in total. The molecule has 0 aliphatic heterocycles. The molecule has 0 unspecified atom stereocenters. The predicted molar refractivity (Wildman–Crippen MR) is 120 cm³/mol. The minimum absolute atomic E-state index is 0.0385. The van der Waals surface area contributed by atoms with E-state index in [4.69, 9.17) is 11.6 Å². The predicted octanol–water partition coefficient (Wildman–Crippen LogP) is 4.52. The summed E-state index contributed by atoms with van der Waals surface area (Å²) in [5.41, 5.74) is 6.02. The van der Waals surface area contributed by atoms with Gasteiger partial charge in [-0.3, -0.25) is 9.52 Å². The standard InChI is InChI=1S/C22H20ClN3O3S/c1-15-6-7-18(16(2)12-15)14-24-25-22(27)17-4-3-5-21(13-17)30(28,29)26-20-10-8-19(23)9-11-20/h3-14,26H,1-2H3,(H,25,27). The topological polar surface area (TPSA) is 87.6 Å². The number of hydrogen-bond acceptors (Lipinski definition) is 4. The largest absolute Gasteiger partial charge is 0.280 e. The summed E-state index contributed by atoms with van der Waals surface area (Å²) in [6.45, 7) is 3.96. The second-order valence-corrected chi connectivity index (χ2v) is 8.82. The maximum atomic E-state index is 12.6. The number of amides is 1. The quantitative estimate of drug-likeness (QED) is 0.435. The van der Waals surface area contributed by atoms with Crippen molar-refractivity contribution in [1.82, 2.24) is 5.43 Å². The number of sulfonamides is 1. The number of nitrogens with zero attached hydrogens (tertiary/aromatic N) is 1. The Labute approximate surface area is 180 Å². The smallest absolute Gasteiger partial charge is 0.271 e. The monoisotopic (exact) mass is 441 g/mol. The Morgan fingerprint density at radius 1 is 1.00 bits per heavy atom. The molecule has 0 fully saturated rings. The fourth-order valence-electron chi connectivity index (χ4n) is 2.73. The number of halogens is 1. The molecular weight excluding hydrogens is 422 g/mol. The summed E-state index contributed by atoms with van der Waals surface area (Å²) in [7, 11) is -3.87. The Morgan fingerprint density at radius 2 is 1.73 bits per heavy atom. The summed E-state index contributed by atoms with van der Waals surface area (Å²) in [5.74, 6) is -0.514. The Balaban J connectivity index is 1.73. The first kappa shape index (κ1) is 21.5. The van der Waals surface area contributed by atoms with Gasteiger partial charge >= 0.3 is 0 Å². The highest BCUT2D eigenvalue weighted by Gasteiger charge is 2.16. The third-order valence-corrected chi connectivity index (χ3v) is 5.93. The second-order valence-electron chi connectivity index (χ2n) is 6.70. The lowest BCUT2D eigenvalue weighted by Gasteiger charge is -2.09. The lowest BCUT2D eigenvalue weighted by atomic mass is 10.1. The maximum absolute atomic E-state index is 12.6. The molecule has 0 radical (unpaired) electrons. The fourth-order valence-corrected chi connectivity index (χ4v) is 3.96. The molecular formula is C22H20ClN3O3S. The molecule has 8 heteroatoms. The van der Waals surface area contributed by atoms with Crippen LogP contribution < -0.4 is 10.1 Å². The van der Waals surface area contributed by atoms with Gasteiger partial charge in [-0.2, -0.15) is 5.10 Å². The molecule has 0 heterocycles. The first-order chi connectivity index (χ1) is 14.2. The molecule has 0 atom stereocenters. The van der Waals surface area contributed by atoms with Gasteiger partial charge in [-0.1, -0.05) is 41.4 Å². The third-order valence-electron chi connectivity index (χ3n) is 4.30. The summed E-state index contributed by atoms with van der Waals surface area (Å²) in [4.78, 5) is 12.4. The van der Waals surface area contributed by atoms with E-state index in [2.05, 4.69) is 15.2 Å². The van der Waals surface area contributed by atoms with Crippen LogP contribution in [-0.4, -0.2) is 20.5 Å². The van der Waals surface area contributed by atoms with Crippen molar-refractivity contribution in [3.05, 3.63) is 94.0 Å². The molecule has 0 aromatic heterocycles. The number of rotatable bonds is 6. The molecule has 0 aliphatic carbocycles. The lowest BCUT2D eigenvalue weighted by Crippen LogP contribution is -2.19. The van der Waals surface area contributed by atoms with Crippen molar-refractivity contribution in [1.29, 1.82) is 0 Å². The Bertz CT molecular complexity index is 1210. The molecule has 3 aromatic carbocycles. The van der Waals surface area contributed by atoms with Crippen LogP contribution in [0.1, 0.15) is 27.0 Å². The van der Waals surface area contributed by atoms with Crippen LogP contribution in [0.5, 0.6) is 0 Å². The van der Waals surface area contributed by atoms with E-state index in [1.165, 1.54) is 24.3 Å². The number of hydrazone groups is 1. The summed E-state index contributed by atoms with van der Waals surface area (Å²) >= 11 is 5.82. The number of hydrogen-bond donors (Lipinski definition) is 2. The number of carbonyl (C=O) groups excluding carboxylic acids is 1. The summed E-state index contributed by atoms with van der Waals surface area (Å²) in [5, 5.41) is 4.47. The molecule has 0 bridgehead atoms. The van der Waals surface area contributed by atoms with Gasteiger partial charge in [-0.05, 0) is 67.4 Å². The molecule has 30 heavy (non-hydrogen) atoms. The SMILES string of the molecule is Cc1ccc(C=NNC(=O)c2cccc(S(=O)(=O)Nc3ccc(Cl)cc3)c2)c(C)c1. The van der Waals surface area contributed by atoms with Crippen molar-refractivity contribution in [2.24, 2.45) is 5.10 Å². The maximum Gasteiger partial charge on any atom is 0.271 e. The van der Waals surface area contributed by atoms with E-state index < -0.39 is 15.9 Å². The third kappa shape index (κ3) is 5.46. The van der Waals surface area contributed by atoms with Gasteiger partial charge in [0.2, 0.25) is 0 Å². The summed E-state index contributed by atoms with van der Waals surface area (Å²) < 4.78 is 27.7. The van der Waals surface area contributed by atoms with Crippen molar-refractivity contribution in [2.45, 2.75) is 18.7 Å². The highest BCUT2D eigenvalue weighted by Crippen LogP contribution is 2.19. The fraction of sp³-hybridized carbons (Fsp3) is 0.0909. The van der Waals surface area contributed by atoms with Crippen LogP contribution in [0.15, 0.2) is 76.7 Å². The van der Waals surface area contributed by atoms with Crippen LogP contribution >= 0.6 is 11.6 Å². The molecule has 3 aromatic rings. The van der Waals surface area contributed by atoms with Gasteiger partial charge in [0.1, 0.15) is 0 Å². The number of benzene rings is 3.